The van der Waals surface area contributed by atoms with Crippen LogP contribution in [0.5, 0.6) is 0 Å². The van der Waals surface area contributed by atoms with Crippen molar-refractivity contribution in [3.63, 3.8) is 0 Å². The zero-order valence-corrected chi connectivity index (χ0v) is 13.6. The highest BCUT2D eigenvalue weighted by molar-refractivity contribution is 5.98. The molecule has 3 rings (SSSR count). The number of hydrogen-bond donors (Lipinski definition) is 2. The van der Waals surface area contributed by atoms with Gasteiger partial charge in [-0.15, -0.1) is 0 Å². The summed E-state index contributed by atoms with van der Waals surface area (Å²) in [5.41, 5.74) is -0.800. The Morgan fingerprint density at radius 2 is 1.62 bits per heavy atom. The molecule has 3 aromatic carbocycles. The van der Waals surface area contributed by atoms with Crippen molar-refractivity contribution in [1.82, 2.24) is 5.32 Å². The van der Waals surface area contributed by atoms with Gasteiger partial charge in [0.2, 0.25) is 0 Å². The number of aliphatic hydroxyl groups excluding tert-OH is 1. The third kappa shape index (κ3) is 3.86. The van der Waals surface area contributed by atoms with Crippen LogP contribution in [-0.2, 0) is 6.18 Å². The Labute approximate surface area is 148 Å². The number of hydrogen-bond acceptors (Lipinski definition) is 2. The number of alkyl halides is 3. The second-order valence-electron chi connectivity index (χ2n) is 5.87. The maximum Gasteiger partial charge on any atom is 0.416 e. The van der Waals surface area contributed by atoms with Gasteiger partial charge in [-0.05, 0) is 34.5 Å². The Hall–Kier alpha value is -2.86. The Kier molecular flexibility index (Phi) is 4.95. The van der Waals surface area contributed by atoms with Gasteiger partial charge in [-0.1, -0.05) is 48.5 Å². The first kappa shape index (κ1) is 17.9. The van der Waals surface area contributed by atoms with Gasteiger partial charge in [-0.3, -0.25) is 4.79 Å². The molecule has 0 bridgehead atoms. The van der Waals surface area contributed by atoms with E-state index in [0.717, 1.165) is 16.8 Å². The number of benzene rings is 3. The lowest BCUT2D eigenvalue weighted by atomic mass is 10.0. The van der Waals surface area contributed by atoms with Crippen LogP contribution in [0.2, 0.25) is 0 Å². The zero-order valence-electron chi connectivity index (χ0n) is 13.6. The topological polar surface area (TPSA) is 49.3 Å². The molecule has 0 spiro atoms. The highest BCUT2D eigenvalue weighted by atomic mass is 19.4. The van der Waals surface area contributed by atoms with E-state index in [1.165, 1.54) is 18.2 Å². The molecule has 1 atom stereocenters. The van der Waals surface area contributed by atoms with Crippen molar-refractivity contribution in [1.29, 1.82) is 0 Å². The molecule has 6 heteroatoms. The first-order valence-electron chi connectivity index (χ1n) is 7.97. The molecule has 0 radical (unpaired) electrons. The standard InChI is InChI=1S/C20H16F3NO2/c21-20(22,23)17-8-4-3-7-16(17)18(25)12-24-19(26)15-10-9-13-5-1-2-6-14(13)11-15/h1-11,18,25H,12H2,(H,24,26). The maximum atomic E-state index is 13.0. The predicted molar refractivity (Wildman–Crippen MR) is 92.7 cm³/mol. The quantitative estimate of drug-likeness (QED) is 0.729. The Morgan fingerprint density at radius 3 is 2.35 bits per heavy atom. The van der Waals surface area contributed by atoms with Crippen LogP contribution in [0.3, 0.4) is 0 Å². The van der Waals surface area contributed by atoms with E-state index >= 15 is 0 Å². The molecule has 1 unspecified atom stereocenters. The van der Waals surface area contributed by atoms with E-state index in [0.29, 0.717) is 5.56 Å². The van der Waals surface area contributed by atoms with E-state index < -0.39 is 23.8 Å². The minimum absolute atomic E-state index is 0.265. The van der Waals surface area contributed by atoms with Gasteiger partial charge < -0.3 is 10.4 Å². The number of halogens is 3. The lowest BCUT2D eigenvalue weighted by Crippen LogP contribution is -2.29. The minimum Gasteiger partial charge on any atom is -0.387 e. The zero-order chi connectivity index (χ0) is 18.7. The molecular weight excluding hydrogens is 343 g/mol. The van der Waals surface area contributed by atoms with Crippen molar-refractivity contribution >= 4 is 16.7 Å². The van der Waals surface area contributed by atoms with Crippen LogP contribution in [0, 0.1) is 0 Å². The maximum absolute atomic E-state index is 13.0. The van der Waals surface area contributed by atoms with Crippen molar-refractivity contribution in [2.75, 3.05) is 6.54 Å². The Morgan fingerprint density at radius 1 is 0.962 bits per heavy atom. The Balaban J connectivity index is 1.73. The lowest BCUT2D eigenvalue weighted by molar-refractivity contribution is -0.139. The second kappa shape index (κ2) is 7.17. The first-order chi connectivity index (χ1) is 12.4. The molecule has 0 aliphatic heterocycles. The molecule has 0 fully saturated rings. The van der Waals surface area contributed by atoms with Crippen molar-refractivity contribution < 1.29 is 23.1 Å². The molecule has 0 aromatic heterocycles. The average Bonchev–Trinajstić information content (AvgIpc) is 2.64. The molecule has 0 saturated heterocycles. The van der Waals surface area contributed by atoms with E-state index in [2.05, 4.69) is 5.32 Å². The van der Waals surface area contributed by atoms with Gasteiger partial charge in [0.1, 0.15) is 0 Å². The molecule has 3 aromatic rings. The van der Waals surface area contributed by atoms with E-state index in [4.69, 9.17) is 0 Å². The monoisotopic (exact) mass is 359 g/mol. The number of carbonyl (C=O) groups excluding carboxylic acids is 1. The van der Waals surface area contributed by atoms with E-state index in [1.807, 2.05) is 24.3 Å². The van der Waals surface area contributed by atoms with Crippen molar-refractivity contribution in [2.24, 2.45) is 0 Å². The molecule has 0 heterocycles. The Bertz CT molecular complexity index is 937. The number of aliphatic hydroxyl groups is 1. The molecule has 3 nitrogen and oxygen atoms in total. The predicted octanol–water partition coefficient (Wildman–Crippen LogP) is 4.32. The summed E-state index contributed by atoms with van der Waals surface area (Å²) in [5, 5.41) is 14.5. The SMILES string of the molecule is O=C(NCC(O)c1ccccc1C(F)(F)F)c1ccc2ccccc2c1. The summed E-state index contributed by atoms with van der Waals surface area (Å²) < 4.78 is 39.1. The largest absolute Gasteiger partial charge is 0.416 e. The lowest BCUT2D eigenvalue weighted by Gasteiger charge is -2.18. The fourth-order valence-electron chi connectivity index (χ4n) is 2.78. The van der Waals surface area contributed by atoms with Crippen LogP contribution in [-0.4, -0.2) is 17.6 Å². The number of amides is 1. The van der Waals surface area contributed by atoms with E-state index in [-0.39, 0.29) is 12.1 Å². The normalized spacial score (nSPS) is 12.8. The fourth-order valence-corrected chi connectivity index (χ4v) is 2.78. The molecule has 0 aliphatic carbocycles. The molecular formula is C20H16F3NO2. The summed E-state index contributed by atoms with van der Waals surface area (Å²) in [6.07, 6.45) is -6.03. The van der Waals surface area contributed by atoms with Crippen LogP contribution < -0.4 is 5.32 Å². The van der Waals surface area contributed by atoms with Crippen LogP contribution in [0.1, 0.15) is 27.6 Å². The third-order valence-corrected chi connectivity index (χ3v) is 4.09. The second-order valence-corrected chi connectivity index (χ2v) is 5.87. The highest BCUT2D eigenvalue weighted by Gasteiger charge is 2.34. The first-order valence-corrected chi connectivity index (χ1v) is 7.97. The summed E-state index contributed by atoms with van der Waals surface area (Å²) in [6, 6.07) is 17.4. The van der Waals surface area contributed by atoms with Crippen LogP contribution in [0.15, 0.2) is 66.7 Å². The number of carbonyl (C=O) groups is 1. The van der Waals surface area contributed by atoms with Crippen molar-refractivity contribution in [3.8, 4) is 0 Å². The van der Waals surface area contributed by atoms with E-state index in [9.17, 15) is 23.1 Å². The van der Waals surface area contributed by atoms with Crippen LogP contribution >= 0.6 is 0 Å². The van der Waals surface area contributed by atoms with Gasteiger partial charge in [0, 0.05) is 12.1 Å². The summed E-state index contributed by atoms with van der Waals surface area (Å²) in [5.74, 6) is -0.459. The van der Waals surface area contributed by atoms with Gasteiger partial charge in [0.05, 0.1) is 11.7 Å². The average molecular weight is 359 g/mol. The van der Waals surface area contributed by atoms with Gasteiger partial charge in [-0.2, -0.15) is 13.2 Å². The van der Waals surface area contributed by atoms with Crippen LogP contribution in [0.25, 0.3) is 10.8 Å². The molecule has 134 valence electrons. The molecule has 0 saturated carbocycles. The van der Waals surface area contributed by atoms with E-state index in [1.54, 1.807) is 18.2 Å². The van der Waals surface area contributed by atoms with Gasteiger partial charge >= 0.3 is 6.18 Å². The van der Waals surface area contributed by atoms with Crippen molar-refractivity contribution in [2.45, 2.75) is 12.3 Å². The molecule has 26 heavy (non-hydrogen) atoms. The highest BCUT2D eigenvalue weighted by Crippen LogP contribution is 2.34. The number of fused-ring (bicyclic) bond motifs is 1. The molecule has 0 aliphatic rings. The molecule has 2 N–H and O–H groups in total. The summed E-state index contributed by atoms with van der Waals surface area (Å²) in [6.45, 7) is -0.321. The number of rotatable bonds is 4. The summed E-state index contributed by atoms with van der Waals surface area (Å²) >= 11 is 0. The summed E-state index contributed by atoms with van der Waals surface area (Å²) in [4.78, 5) is 12.3. The minimum atomic E-state index is -4.57. The summed E-state index contributed by atoms with van der Waals surface area (Å²) in [7, 11) is 0. The van der Waals surface area contributed by atoms with Gasteiger partial charge in [0.15, 0.2) is 0 Å². The van der Waals surface area contributed by atoms with Crippen molar-refractivity contribution in [3.05, 3.63) is 83.4 Å². The van der Waals surface area contributed by atoms with Crippen LogP contribution in [0.4, 0.5) is 13.2 Å². The number of nitrogens with one attached hydrogen (secondary N) is 1. The smallest absolute Gasteiger partial charge is 0.387 e. The van der Waals surface area contributed by atoms with Gasteiger partial charge in [0.25, 0.3) is 5.91 Å². The van der Waals surface area contributed by atoms with Gasteiger partial charge in [-0.25, -0.2) is 0 Å². The fraction of sp³-hybridized carbons (Fsp3) is 0.150. The molecule has 1 amide bonds. The third-order valence-electron chi connectivity index (χ3n) is 4.09.